The molecule has 0 aliphatic heterocycles. The van der Waals surface area contributed by atoms with E-state index in [1.54, 1.807) is 24.5 Å². The Balaban J connectivity index is 1.72. The Bertz CT molecular complexity index is 1300. The molecule has 0 aliphatic rings. The molecule has 0 saturated carbocycles. The molecule has 0 atom stereocenters. The largest absolute Gasteiger partial charge is 0.397 e. The van der Waals surface area contributed by atoms with Crippen molar-refractivity contribution in [1.82, 2.24) is 15.0 Å². The van der Waals surface area contributed by atoms with Gasteiger partial charge in [-0.2, -0.15) is 0 Å². The number of nitrogens with two attached hydrogens (primary N) is 2. The normalized spacial score (nSPS) is 10.8. The number of aromatic nitrogens is 3. The Morgan fingerprint density at radius 1 is 1.00 bits per heavy atom. The molecule has 0 spiro atoms. The van der Waals surface area contributed by atoms with Gasteiger partial charge in [-0.1, -0.05) is 6.07 Å². The lowest BCUT2D eigenvalue weighted by atomic mass is 9.97. The third kappa shape index (κ3) is 4.15. The van der Waals surface area contributed by atoms with Crippen LogP contribution in [-0.2, 0) is 6.42 Å². The molecular formula is C24H19F2N5O. The van der Waals surface area contributed by atoms with E-state index in [0.29, 0.717) is 11.4 Å². The highest BCUT2D eigenvalue weighted by Crippen LogP contribution is 2.29. The van der Waals surface area contributed by atoms with Gasteiger partial charge in [0.25, 0.3) is 0 Å². The van der Waals surface area contributed by atoms with Crippen LogP contribution >= 0.6 is 0 Å². The summed E-state index contributed by atoms with van der Waals surface area (Å²) in [7, 11) is 0. The van der Waals surface area contributed by atoms with Gasteiger partial charge in [-0.25, -0.2) is 18.7 Å². The number of nitrogens with zero attached hydrogens (tertiary/aromatic N) is 3. The van der Waals surface area contributed by atoms with E-state index < -0.39 is 17.4 Å². The highest BCUT2D eigenvalue weighted by Gasteiger charge is 2.19. The number of benzene rings is 1. The van der Waals surface area contributed by atoms with E-state index in [-0.39, 0.29) is 29.1 Å². The van der Waals surface area contributed by atoms with Gasteiger partial charge in [0.05, 0.1) is 16.9 Å². The maximum Gasteiger partial charge on any atom is 0.187 e. The van der Waals surface area contributed by atoms with Crippen molar-refractivity contribution in [3.05, 3.63) is 89.5 Å². The average Bonchev–Trinajstić information content (AvgIpc) is 2.74. The molecule has 3 aromatic heterocycles. The number of anilines is 2. The fraction of sp³-hybridized carbons (Fsp3) is 0.0833. The lowest BCUT2D eigenvalue weighted by Gasteiger charge is -2.12. The third-order valence-corrected chi connectivity index (χ3v) is 4.95. The zero-order valence-corrected chi connectivity index (χ0v) is 17.1. The summed E-state index contributed by atoms with van der Waals surface area (Å²) in [6.07, 6.45) is 3.13. The zero-order chi connectivity index (χ0) is 22.8. The molecule has 0 aliphatic carbocycles. The Morgan fingerprint density at radius 2 is 1.75 bits per heavy atom. The average molecular weight is 431 g/mol. The Morgan fingerprint density at radius 3 is 2.47 bits per heavy atom. The topological polar surface area (TPSA) is 108 Å². The number of nitrogen functional groups attached to an aromatic ring is 2. The van der Waals surface area contributed by atoms with Crippen molar-refractivity contribution in [1.29, 1.82) is 0 Å². The quantitative estimate of drug-likeness (QED) is 0.454. The zero-order valence-electron chi connectivity index (χ0n) is 17.1. The van der Waals surface area contributed by atoms with E-state index >= 15 is 0 Å². The van der Waals surface area contributed by atoms with Crippen molar-refractivity contribution in [2.45, 2.75) is 13.3 Å². The second kappa shape index (κ2) is 8.50. The lowest BCUT2D eigenvalue weighted by molar-refractivity contribution is 0.0989. The molecule has 0 radical (unpaired) electrons. The molecule has 4 rings (SSSR count). The van der Waals surface area contributed by atoms with Crippen molar-refractivity contribution >= 4 is 17.3 Å². The van der Waals surface area contributed by atoms with Gasteiger partial charge in [0.2, 0.25) is 0 Å². The molecule has 0 saturated heterocycles. The number of carbonyl (C=O) groups is 1. The SMILES string of the molecule is Cc1cc(-c2ccncc2CC(=O)c2nc(-c3c(F)cccc3F)ccc2N)cc(N)n1. The molecule has 4 N–H and O–H groups in total. The van der Waals surface area contributed by atoms with Crippen molar-refractivity contribution in [2.24, 2.45) is 0 Å². The summed E-state index contributed by atoms with van der Waals surface area (Å²) >= 11 is 0. The summed E-state index contributed by atoms with van der Waals surface area (Å²) in [5, 5.41) is 0. The van der Waals surface area contributed by atoms with Gasteiger partial charge in [0, 0.05) is 24.5 Å². The first-order chi connectivity index (χ1) is 15.3. The number of hydrogen-bond donors (Lipinski definition) is 2. The first-order valence-electron chi connectivity index (χ1n) is 9.75. The molecule has 3 heterocycles. The fourth-order valence-corrected chi connectivity index (χ4v) is 3.53. The number of halogens is 2. The van der Waals surface area contributed by atoms with Crippen molar-refractivity contribution in [3.63, 3.8) is 0 Å². The number of ketones is 1. The summed E-state index contributed by atoms with van der Waals surface area (Å²) in [5.74, 6) is -1.60. The van der Waals surface area contributed by atoms with Gasteiger partial charge in [-0.3, -0.25) is 9.78 Å². The van der Waals surface area contributed by atoms with Gasteiger partial charge in [-0.15, -0.1) is 0 Å². The Kier molecular flexibility index (Phi) is 5.59. The van der Waals surface area contributed by atoms with Gasteiger partial charge in [0.1, 0.15) is 23.1 Å². The number of Topliss-reactive ketones (excluding diaryl/α,β-unsaturated/α-hetero) is 1. The smallest absolute Gasteiger partial charge is 0.187 e. The summed E-state index contributed by atoms with van der Waals surface area (Å²) < 4.78 is 28.4. The summed E-state index contributed by atoms with van der Waals surface area (Å²) in [4.78, 5) is 25.6. The van der Waals surface area contributed by atoms with Crippen LogP contribution in [-0.4, -0.2) is 20.7 Å². The molecule has 6 nitrogen and oxygen atoms in total. The number of rotatable bonds is 5. The van der Waals surface area contributed by atoms with E-state index in [1.807, 2.05) is 13.0 Å². The highest BCUT2D eigenvalue weighted by molar-refractivity contribution is 6.01. The van der Waals surface area contributed by atoms with Crippen molar-refractivity contribution < 1.29 is 13.6 Å². The molecule has 4 aromatic rings. The standard InChI is InChI=1S/C24H19F2N5O/c1-13-9-14(11-22(28)30-13)16-7-8-29-12-15(16)10-21(32)24-19(27)5-6-20(31-24)23-17(25)3-2-4-18(23)26/h2-9,11-12H,10,27H2,1H3,(H2,28,30). The highest BCUT2D eigenvalue weighted by atomic mass is 19.1. The van der Waals surface area contributed by atoms with Gasteiger partial charge in [0.15, 0.2) is 5.78 Å². The molecule has 32 heavy (non-hydrogen) atoms. The van der Waals surface area contributed by atoms with Crippen LogP contribution < -0.4 is 11.5 Å². The van der Waals surface area contributed by atoms with E-state index in [4.69, 9.17) is 11.5 Å². The van der Waals surface area contributed by atoms with Crippen LogP contribution in [0.25, 0.3) is 22.4 Å². The first kappa shape index (κ1) is 21.0. The van der Waals surface area contributed by atoms with E-state index in [1.165, 1.54) is 18.2 Å². The van der Waals surface area contributed by atoms with Gasteiger partial charge >= 0.3 is 0 Å². The number of hydrogen-bond acceptors (Lipinski definition) is 6. The minimum absolute atomic E-state index is 0.0120. The summed E-state index contributed by atoms with van der Waals surface area (Å²) in [5.41, 5.74) is 14.5. The predicted molar refractivity (Wildman–Crippen MR) is 119 cm³/mol. The Labute approximate surface area is 183 Å². The number of pyridine rings is 3. The molecular weight excluding hydrogens is 412 g/mol. The van der Waals surface area contributed by atoms with Crippen LogP contribution in [0.3, 0.4) is 0 Å². The number of aryl methyl sites for hydroxylation is 1. The first-order valence-corrected chi connectivity index (χ1v) is 9.75. The van der Waals surface area contributed by atoms with Gasteiger partial charge in [-0.05, 0) is 66.1 Å². The van der Waals surface area contributed by atoms with Gasteiger partial charge < -0.3 is 11.5 Å². The van der Waals surface area contributed by atoms with Crippen LogP contribution in [0.5, 0.6) is 0 Å². The van der Waals surface area contributed by atoms with E-state index in [0.717, 1.165) is 29.0 Å². The van der Waals surface area contributed by atoms with Crippen LogP contribution in [0.4, 0.5) is 20.3 Å². The maximum absolute atomic E-state index is 14.2. The maximum atomic E-state index is 14.2. The Hall–Kier alpha value is -4.20. The van der Waals surface area contributed by atoms with Crippen LogP contribution in [0.1, 0.15) is 21.7 Å². The summed E-state index contributed by atoms with van der Waals surface area (Å²) in [6, 6.07) is 11.7. The summed E-state index contributed by atoms with van der Waals surface area (Å²) in [6.45, 7) is 1.82. The molecule has 0 fully saturated rings. The third-order valence-electron chi connectivity index (χ3n) is 4.95. The second-order valence-electron chi connectivity index (χ2n) is 7.29. The molecule has 0 amide bonds. The van der Waals surface area contributed by atoms with E-state index in [2.05, 4.69) is 15.0 Å². The monoisotopic (exact) mass is 431 g/mol. The van der Waals surface area contributed by atoms with Crippen LogP contribution in [0.15, 0.2) is 60.9 Å². The van der Waals surface area contributed by atoms with Crippen LogP contribution in [0.2, 0.25) is 0 Å². The van der Waals surface area contributed by atoms with Crippen molar-refractivity contribution in [2.75, 3.05) is 11.5 Å². The number of carbonyl (C=O) groups excluding carboxylic acids is 1. The second-order valence-corrected chi connectivity index (χ2v) is 7.29. The minimum Gasteiger partial charge on any atom is -0.397 e. The van der Waals surface area contributed by atoms with Crippen LogP contribution in [0, 0.1) is 18.6 Å². The van der Waals surface area contributed by atoms with E-state index in [9.17, 15) is 13.6 Å². The molecule has 0 unspecified atom stereocenters. The minimum atomic E-state index is -0.777. The lowest BCUT2D eigenvalue weighted by Crippen LogP contribution is -2.11. The molecule has 8 heteroatoms. The predicted octanol–water partition coefficient (Wildman–Crippen LogP) is 4.38. The van der Waals surface area contributed by atoms with Crippen molar-refractivity contribution in [3.8, 4) is 22.4 Å². The fourth-order valence-electron chi connectivity index (χ4n) is 3.53. The molecule has 0 bridgehead atoms. The molecule has 160 valence electrons. The molecule has 1 aromatic carbocycles.